The lowest BCUT2D eigenvalue weighted by Gasteiger charge is -2.08. The molecule has 2 aromatic rings. The number of aromatic nitrogens is 2. The second-order valence-corrected chi connectivity index (χ2v) is 4.77. The second-order valence-electron chi connectivity index (χ2n) is 4.33. The molecule has 4 nitrogen and oxygen atoms in total. The van der Waals surface area contributed by atoms with Gasteiger partial charge in [-0.15, -0.1) is 0 Å². The number of halogens is 1. The van der Waals surface area contributed by atoms with Crippen LogP contribution in [0.4, 0.5) is 0 Å². The summed E-state index contributed by atoms with van der Waals surface area (Å²) in [4.78, 5) is 15.1. The van der Waals surface area contributed by atoms with Crippen LogP contribution >= 0.6 is 11.6 Å². The first-order valence-electron chi connectivity index (χ1n) is 6.14. The Kier molecular flexibility index (Phi) is 4.58. The summed E-state index contributed by atoms with van der Waals surface area (Å²) in [6.07, 6.45) is 4.44. The molecule has 0 bridgehead atoms. The quantitative estimate of drug-likeness (QED) is 0.911. The van der Waals surface area contributed by atoms with Crippen LogP contribution < -0.4 is 5.32 Å². The van der Waals surface area contributed by atoms with E-state index in [4.69, 9.17) is 11.6 Å². The van der Waals surface area contributed by atoms with Crippen LogP contribution in [0.5, 0.6) is 0 Å². The minimum absolute atomic E-state index is 0.0178. The number of hydrogen-bond acceptors (Lipinski definition) is 2. The van der Waals surface area contributed by atoms with Crippen molar-refractivity contribution in [2.75, 3.05) is 6.54 Å². The highest BCUT2D eigenvalue weighted by atomic mass is 35.5. The molecule has 0 radical (unpaired) electrons. The van der Waals surface area contributed by atoms with Gasteiger partial charge in [-0.05, 0) is 17.7 Å². The van der Waals surface area contributed by atoms with Crippen molar-refractivity contribution in [3.05, 3.63) is 53.1 Å². The van der Waals surface area contributed by atoms with Crippen molar-refractivity contribution in [2.24, 2.45) is 0 Å². The van der Waals surface area contributed by atoms with E-state index < -0.39 is 0 Å². The molecule has 0 aliphatic rings. The van der Waals surface area contributed by atoms with Crippen LogP contribution in [0.1, 0.15) is 18.3 Å². The van der Waals surface area contributed by atoms with E-state index in [1.807, 2.05) is 30.5 Å². The van der Waals surface area contributed by atoms with E-state index in [-0.39, 0.29) is 5.91 Å². The SMILES string of the molecule is CC(=O)NCCc1nccn1Cc1ccc(Cl)cc1. The molecule has 1 heterocycles. The first kappa shape index (κ1) is 13.6. The predicted octanol–water partition coefficient (Wildman–Crippen LogP) is 2.26. The van der Waals surface area contributed by atoms with Crippen molar-refractivity contribution in [3.63, 3.8) is 0 Å². The minimum atomic E-state index is -0.0178. The van der Waals surface area contributed by atoms with Gasteiger partial charge in [-0.3, -0.25) is 4.79 Å². The van der Waals surface area contributed by atoms with Gasteiger partial charge in [0.25, 0.3) is 0 Å². The molecule has 0 aliphatic carbocycles. The number of benzene rings is 1. The average Bonchev–Trinajstić information content (AvgIpc) is 2.79. The summed E-state index contributed by atoms with van der Waals surface area (Å²) >= 11 is 5.86. The zero-order valence-electron chi connectivity index (χ0n) is 10.8. The highest BCUT2D eigenvalue weighted by Crippen LogP contribution is 2.11. The molecule has 0 unspecified atom stereocenters. The molecule has 0 saturated carbocycles. The summed E-state index contributed by atoms with van der Waals surface area (Å²) < 4.78 is 2.07. The summed E-state index contributed by atoms with van der Waals surface area (Å²) in [6, 6.07) is 7.76. The molecule has 0 saturated heterocycles. The molecule has 1 N–H and O–H groups in total. The molecule has 2 rings (SSSR count). The lowest BCUT2D eigenvalue weighted by atomic mass is 10.2. The van der Waals surface area contributed by atoms with Gasteiger partial charge in [-0.1, -0.05) is 23.7 Å². The van der Waals surface area contributed by atoms with E-state index in [9.17, 15) is 4.79 Å². The first-order chi connectivity index (χ1) is 9.15. The highest BCUT2D eigenvalue weighted by molar-refractivity contribution is 6.30. The lowest BCUT2D eigenvalue weighted by molar-refractivity contribution is -0.118. The van der Waals surface area contributed by atoms with Crippen molar-refractivity contribution in [2.45, 2.75) is 19.9 Å². The number of carbonyl (C=O) groups is 1. The Morgan fingerprint density at radius 2 is 2.11 bits per heavy atom. The maximum absolute atomic E-state index is 10.8. The summed E-state index contributed by atoms with van der Waals surface area (Å²) in [5.74, 6) is 0.944. The molecule has 19 heavy (non-hydrogen) atoms. The molecule has 5 heteroatoms. The maximum atomic E-state index is 10.8. The molecule has 0 atom stereocenters. The van der Waals surface area contributed by atoms with Crippen LogP contribution in [-0.4, -0.2) is 22.0 Å². The Labute approximate surface area is 117 Å². The number of amides is 1. The monoisotopic (exact) mass is 277 g/mol. The Morgan fingerprint density at radius 1 is 1.37 bits per heavy atom. The van der Waals surface area contributed by atoms with Crippen molar-refractivity contribution in [3.8, 4) is 0 Å². The fourth-order valence-electron chi connectivity index (χ4n) is 1.85. The summed E-state index contributed by atoms with van der Waals surface area (Å²) in [5.41, 5.74) is 1.17. The minimum Gasteiger partial charge on any atom is -0.356 e. The Balaban J connectivity index is 1.99. The fourth-order valence-corrected chi connectivity index (χ4v) is 1.97. The molecule has 1 aromatic heterocycles. The van der Waals surface area contributed by atoms with Crippen LogP contribution in [0.3, 0.4) is 0 Å². The van der Waals surface area contributed by atoms with Gasteiger partial charge in [0.1, 0.15) is 5.82 Å². The van der Waals surface area contributed by atoms with Gasteiger partial charge < -0.3 is 9.88 Å². The zero-order chi connectivity index (χ0) is 13.7. The maximum Gasteiger partial charge on any atom is 0.216 e. The van der Waals surface area contributed by atoms with Gasteiger partial charge in [0.05, 0.1) is 0 Å². The normalized spacial score (nSPS) is 10.4. The van der Waals surface area contributed by atoms with Crippen molar-refractivity contribution in [1.82, 2.24) is 14.9 Å². The van der Waals surface area contributed by atoms with Gasteiger partial charge in [0.2, 0.25) is 5.91 Å². The van der Waals surface area contributed by atoms with E-state index in [1.54, 1.807) is 6.20 Å². The van der Waals surface area contributed by atoms with Crippen LogP contribution in [0.25, 0.3) is 0 Å². The molecule has 100 valence electrons. The first-order valence-corrected chi connectivity index (χ1v) is 6.52. The van der Waals surface area contributed by atoms with E-state index in [2.05, 4.69) is 14.9 Å². The van der Waals surface area contributed by atoms with Gasteiger partial charge >= 0.3 is 0 Å². The van der Waals surface area contributed by atoms with E-state index in [0.717, 1.165) is 23.8 Å². The summed E-state index contributed by atoms with van der Waals surface area (Å²) in [7, 11) is 0. The summed E-state index contributed by atoms with van der Waals surface area (Å²) in [5, 5.41) is 3.51. The van der Waals surface area contributed by atoms with Gasteiger partial charge in [0.15, 0.2) is 0 Å². The van der Waals surface area contributed by atoms with Gasteiger partial charge in [0, 0.05) is 43.9 Å². The number of imidazole rings is 1. The number of nitrogens with zero attached hydrogens (tertiary/aromatic N) is 2. The van der Waals surface area contributed by atoms with E-state index in [0.29, 0.717) is 6.54 Å². The van der Waals surface area contributed by atoms with E-state index >= 15 is 0 Å². The van der Waals surface area contributed by atoms with Crippen molar-refractivity contribution >= 4 is 17.5 Å². The molecular formula is C14H16ClN3O. The smallest absolute Gasteiger partial charge is 0.216 e. The third-order valence-electron chi connectivity index (χ3n) is 2.79. The Morgan fingerprint density at radius 3 is 2.79 bits per heavy atom. The number of hydrogen-bond donors (Lipinski definition) is 1. The molecule has 0 spiro atoms. The van der Waals surface area contributed by atoms with Gasteiger partial charge in [-0.25, -0.2) is 4.98 Å². The van der Waals surface area contributed by atoms with E-state index in [1.165, 1.54) is 12.5 Å². The standard InChI is InChI=1S/C14H16ClN3O/c1-11(19)16-7-6-14-17-8-9-18(14)10-12-2-4-13(15)5-3-12/h2-5,8-9H,6-7,10H2,1H3,(H,16,19). The third kappa shape index (κ3) is 4.10. The van der Waals surface area contributed by atoms with Crippen LogP contribution in [0.2, 0.25) is 5.02 Å². The van der Waals surface area contributed by atoms with Gasteiger partial charge in [-0.2, -0.15) is 0 Å². The topological polar surface area (TPSA) is 46.9 Å². The van der Waals surface area contributed by atoms with Crippen LogP contribution in [0, 0.1) is 0 Å². The van der Waals surface area contributed by atoms with Crippen molar-refractivity contribution in [1.29, 1.82) is 0 Å². The second kappa shape index (κ2) is 6.38. The molecular weight excluding hydrogens is 262 g/mol. The largest absolute Gasteiger partial charge is 0.356 e. The number of nitrogens with one attached hydrogen (secondary N) is 1. The van der Waals surface area contributed by atoms with Crippen molar-refractivity contribution < 1.29 is 4.79 Å². The molecule has 0 aliphatic heterocycles. The molecule has 1 aromatic carbocycles. The Hall–Kier alpha value is -1.81. The summed E-state index contributed by atoms with van der Waals surface area (Å²) in [6.45, 7) is 2.87. The Bertz CT molecular complexity index is 548. The number of rotatable bonds is 5. The zero-order valence-corrected chi connectivity index (χ0v) is 11.5. The highest BCUT2D eigenvalue weighted by Gasteiger charge is 2.04. The fraction of sp³-hybridized carbons (Fsp3) is 0.286. The van der Waals surface area contributed by atoms with Crippen LogP contribution in [-0.2, 0) is 17.8 Å². The average molecular weight is 278 g/mol. The molecule has 0 fully saturated rings. The van der Waals surface area contributed by atoms with Crippen LogP contribution in [0.15, 0.2) is 36.7 Å². The lowest BCUT2D eigenvalue weighted by Crippen LogP contribution is -2.23. The third-order valence-corrected chi connectivity index (χ3v) is 3.04. The molecule has 1 amide bonds. The number of carbonyl (C=O) groups excluding carboxylic acids is 1. The predicted molar refractivity (Wildman–Crippen MR) is 75.2 cm³/mol.